The summed E-state index contributed by atoms with van der Waals surface area (Å²) in [4.78, 5) is 15.3. The van der Waals surface area contributed by atoms with E-state index in [0.717, 1.165) is 48.9 Å². The molecule has 0 aliphatic rings. The summed E-state index contributed by atoms with van der Waals surface area (Å²) in [7, 11) is 3.47. The number of rotatable bonds is 8. The summed E-state index contributed by atoms with van der Waals surface area (Å²) in [5.74, 6) is 1.65. The van der Waals surface area contributed by atoms with E-state index >= 15 is 0 Å². The van der Waals surface area contributed by atoms with Crippen molar-refractivity contribution in [1.29, 1.82) is 0 Å². The van der Waals surface area contributed by atoms with Crippen molar-refractivity contribution in [2.75, 3.05) is 32.6 Å². The lowest BCUT2D eigenvalue weighted by molar-refractivity contribution is -0.114. The smallest absolute Gasteiger partial charge is 0.221 e. The molecule has 6 nitrogen and oxygen atoms in total. The van der Waals surface area contributed by atoms with Crippen LogP contribution in [-0.2, 0) is 17.6 Å². The van der Waals surface area contributed by atoms with Crippen LogP contribution in [0.15, 0.2) is 47.5 Å². The Balaban J connectivity index is 0.00000420. The highest BCUT2D eigenvalue weighted by Crippen LogP contribution is 2.19. The topological polar surface area (TPSA) is 74.8 Å². The summed E-state index contributed by atoms with van der Waals surface area (Å²) in [6.07, 6.45) is 1.76. The highest BCUT2D eigenvalue weighted by Gasteiger charge is 2.02. The van der Waals surface area contributed by atoms with E-state index in [1.165, 1.54) is 18.1 Å². The molecule has 0 aromatic heterocycles. The summed E-state index contributed by atoms with van der Waals surface area (Å²) in [6, 6.07) is 14.2. The molecule has 0 aliphatic heterocycles. The van der Waals surface area contributed by atoms with Gasteiger partial charge in [-0.3, -0.25) is 9.79 Å². The number of hydrogen-bond donors (Lipinski definition) is 3. The largest absolute Gasteiger partial charge is 0.496 e. The number of methoxy groups -OCH3 is 1. The van der Waals surface area contributed by atoms with E-state index in [9.17, 15) is 4.79 Å². The van der Waals surface area contributed by atoms with Crippen molar-refractivity contribution in [1.82, 2.24) is 10.6 Å². The van der Waals surface area contributed by atoms with Gasteiger partial charge in [-0.25, -0.2) is 0 Å². The Morgan fingerprint density at radius 2 is 1.59 bits per heavy atom. The lowest BCUT2D eigenvalue weighted by Gasteiger charge is -2.13. The summed E-state index contributed by atoms with van der Waals surface area (Å²) >= 11 is 0. The van der Waals surface area contributed by atoms with E-state index in [4.69, 9.17) is 4.74 Å². The number of aryl methyl sites for hydroxylation is 1. The van der Waals surface area contributed by atoms with Crippen LogP contribution >= 0.6 is 24.0 Å². The molecule has 7 heteroatoms. The number of hydrogen-bond acceptors (Lipinski definition) is 3. The van der Waals surface area contributed by atoms with Gasteiger partial charge in [0.15, 0.2) is 5.96 Å². The van der Waals surface area contributed by atoms with Crippen molar-refractivity contribution < 1.29 is 9.53 Å². The number of aliphatic imine (C=N–C) groups is 1. The average Bonchev–Trinajstić information content (AvgIpc) is 2.69. The van der Waals surface area contributed by atoms with Crippen LogP contribution in [0.5, 0.6) is 5.75 Å². The number of amides is 1. The SMILES string of the molecule is CN=C(NCCc1ccc(NC(C)=O)cc1)NCCc1ccc(C)c(OC)c1.I. The van der Waals surface area contributed by atoms with Gasteiger partial charge >= 0.3 is 0 Å². The number of ether oxygens (including phenoxy) is 1. The number of anilines is 1. The molecule has 0 unspecified atom stereocenters. The fourth-order valence-corrected chi connectivity index (χ4v) is 2.85. The van der Waals surface area contributed by atoms with Gasteiger partial charge in [-0.15, -0.1) is 24.0 Å². The zero-order chi connectivity index (χ0) is 20.4. The third kappa shape index (κ3) is 8.72. The fourth-order valence-electron chi connectivity index (χ4n) is 2.85. The average molecular weight is 510 g/mol. The summed E-state index contributed by atoms with van der Waals surface area (Å²) in [5.41, 5.74) is 4.38. The first-order valence-corrected chi connectivity index (χ1v) is 9.46. The molecule has 0 saturated carbocycles. The lowest BCUT2D eigenvalue weighted by atomic mass is 10.1. The molecule has 0 fully saturated rings. The quantitative estimate of drug-likeness (QED) is 0.289. The van der Waals surface area contributed by atoms with Crippen molar-refractivity contribution in [3.63, 3.8) is 0 Å². The number of halogens is 1. The van der Waals surface area contributed by atoms with Crippen molar-refractivity contribution >= 4 is 41.5 Å². The third-order valence-electron chi connectivity index (χ3n) is 4.38. The van der Waals surface area contributed by atoms with Crippen LogP contribution in [0.1, 0.15) is 23.6 Å². The Hall–Kier alpha value is -2.29. The molecule has 0 atom stereocenters. The van der Waals surface area contributed by atoms with Crippen LogP contribution in [0.2, 0.25) is 0 Å². The lowest BCUT2D eigenvalue weighted by Crippen LogP contribution is -2.39. The molecule has 2 aromatic rings. The van der Waals surface area contributed by atoms with Gasteiger partial charge in [0.25, 0.3) is 0 Å². The zero-order valence-corrected chi connectivity index (χ0v) is 19.9. The second kappa shape index (κ2) is 13.0. The molecule has 2 aromatic carbocycles. The highest BCUT2D eigenvalue weighted by molar-refractivity contribution is 14.0. The standard InChI is InChI=1S/C22H30N4O2.HI/c1-16-5-6-19(15-21(16)28-4)12-14-25-22(23-3)24-13-11-18-7-9-20(10-8-18)26-17(2)27;/h5-10,15H,11-14H2,1-4H3,(H,26,27)(H2,23,24,25);1H. The summed E-state index contributed by atoms with van der Waals surface area (Å²) in [5, 5.41) is 9.44. The molecular weight excluding hydrogens is 479 g/mol. The molecule has 3 N–H and O–H groups in total. The predicted molar refractivity (Wildman–Crippen MR) is 131 cm³/mol. The van der Waals surface area contributed by atoms with Gasteiger partial charge in [-0.1, -0.05) is 24.3 Å². The van der Waals surface area contributed by atoms with E-state index in [-0.39, 0.29) is 29.9 Å². The molecular formula is C22H31IN4O2. The third-order valence-corrected chi connectivity index (χ3v) is 4.38. The van der Waals surface area contributed by atoms with E-state index in [1.807, 2.05) is 31.2 Å². The molecule has 0 aliphatic carbocycles. The minimum atomic E-state index is -0.0617. The van der Waals surface area contributed by atoms with Crippen LogP contribution in [0, 0.1) is 6.92 Å². The molecule has 158 valence electrons. The molecule has 0 radical (unpaired) electrons. The number of benzene rings is 2. The van der Waals surface area contributed by atoms with E-state index in [1.54, 1.807) is 14.2 Å². The summed E-state index contributed by atoms with van der Waals surface area (Å²) in [6.45, 7) is 5.11. The minimum Gasteiger partial charge on any atom is -0.496 e. The summed E-state index contributed by atoms with van der Waals surface area (Å²) < 4.78 is 5.38. The minimum absolute atomic E-state index is 0. The van der Waals surface area contributed by atoms with E-state index in [2.05, 4.69) is 39.1 Å². The van der Waals surface area contributed by atoms with Gasteiger partial charge in [0, 0.05) is 32.7 Å². The van der Waals surface area contributed by atoms with Crippen LogP contribution in [0.3, 0.4) is 0 Å². The first-order chi connectivity index (χ1) is 13.5. The molecule has 0 heterocycles. The molecule has 1 amide bonds. The number of nitrogens with one attached hydrogen (secondary N) is 3. The second-order valence-electron chi connectivity index (χ2n) is 6.61. The monoisotopic (exact) mass is 510 g/mol. The van der Waals surface area contributed by atoms with Gasteiger partial charge in [-0.05, 0) is 54.7 Å². The molecule has 0 spiro atoms. The Kier molecular flexibility index (Phi) is 11.1. The molecule has 0 bridgehead atoms. The van der Waals surface area contributed by atoms with Gasteiger partial charge < -0.3 is 20.7 Å². The van der Waals surface area contributed by atoms with Gasteiger partial charge in [0.1, 0.15) is 5.75 Å². The maximum atomic E-state index is 11.1. The first kappa shape index (κ1) is 24.7. The number of nitrogens with zero attached hydrogens (tertiary/aromatic N) is 1. The number of guanidine groups is 1. The first-order valence-electron chi connectivity index (χ1n) is 9.46. The van der Waals surface area contributed by atoms with E-state index < -0.39 is 0 Å². The van der Waals surface area contributed by atoms with Gasteiger partial charge in [0.2, 0.25) is 5.91 Å². The Bertz CT molecular complexity index is 807. The Morgan fingerprint density at radius 1 is 1.00 bits per heavy atom. The van der Waals surface area contributed by atoms with E-state index in [0.29, 0.717) is 0 Å². The van der Waals surface area contributed by atoms with Crippen molar-refractivity contribution in [2.45, 2.75) is 26.7 Å². The number of carbonyl (C=O) groups excluding carboxylic acids is 1. The maximum Gasteiger partial charge on any atom is 0.221 e. The van der Waals surface area contributed by atoms with Crippen LogP contribution < -0.4 is 20.7 Å². The maximum absolute atomic E-state index is 11.1. The molecule has 29 heavy (non-hydrogen) atoms. The van der Waals surface area contributed by atoms with Crippen molar-refractivity contribution in [2.24, 2.45) is 4.99 Å². The Labute approximate surface area is 190 Å². The molecule has 0 saturated heterocycles. The van der Waals surface area contributed by atoms with Crippen LogP contribution in [-0.4, -0.2) is 39.1 Å². The van der Waals surface area contributed by atoms with Crippen LogP contribution in [0.4, 0.5) is 5.69 Å². The Morgan fingerprint density at radius 3 is 2.14 bits per heavy atom. The van der Waals surface area contributed by atoms with Gasteiger partial charge in [-0.2, -0.15) is 0 Å². The van der Waals surface area contributed by atoms with Crippen molar-refractivity contribution in [3.05, 3.63) is 59.2 Å². The normalized spacial score (nSPS) is 10.7. The second-order valence-corrected chi connectivity index (χ2v) is 6.61. The molecule has 2 rings (SSSR count). The highest BCUT2D eigenvalue weighted by atomic mass is 127. The zero-order valence-electron chi connectivity index (χ0n) is 17.5. The fraction of sp³-hybridized carbons (Fsp3) is 0.364. The predicted octanol–water partition coefficient (Wildman–Crippen LogP) is 3.53. The van der Waals surface area contributed by atoms with Gasteiger partial charge in [0.05, 0.1) is 7.11 Å². The van der Waals surface area contributed by atoms with Crippen molar-refractivity contribution in [3.8, 4) is 5.75 Å². The van der Waals surface area contributed by atoms with Crippen LogP contribution in [0.25, 0.3) is 0 Å². The number of carbonyl (C=O) groups is 1.